The van der Waals surface area contributed by atoms with Crippen molar-refractivity contribution in [3.63, 3.8) is 0 Å². The van der Waals surface area contributed by atoms with Gasteiger partial charge in [0.25, 0.3) is 0 Å². The Bertz CT molecular complexity index is 1740. The summed E-state index contributed by atoms with van der Waals surface area (Å²) >= 11 is 0. The molecule has 10 N–H and O–H groups in total. The third-order valence-electron chi connectivity index (χ3n) is 18.9. The van der Waals surface area contributed by atoms with Gasteiger partial charge in [-0.05, 0) is 109 Å². The molecule has 0 spiro atoms. The van der Waals surface area contributed by atoms with Crippen molar-refractivity contribution in [2.24, 2.45) is 50.2 Å². The molecule has 22 atom stereocenters. The zero-order valence-corrected chi connectivity index (χ0v) is 38.5. The Morgan fingerprint density at radius 3 is 1.92 bits per heavy atom. The fourth-order valence-electron chi connectivity index (χ4n) is 14.8. The van der Waals surface area contributed by atoms with E-state index in [0.29, 0.717) is 25.2 Å². The van der Waals surface area contributed by atoms with E-state index in [1.54, 1.807) is 0 Å². The van der Waals surface area contributed by atoms with Gasteiger partial charge in [-0.15, -0.1) is 0 Å². The van der Waals surface area contributed by atoms with Crippen molar-refractivity contribution in [1.82, 2.24) is 0 Å². The lowest BCUT2D eigenvalue weighted by atomic mass is 9.33. The number of fused-ring (bicyclic) bond motifs is 7. The van der Waals surface area contributed by atoms with Crippen LogP contribution in [-0.2, 0) is 33.2 Å². The molecule has 8 rings (SSSR count). The monoisotopic (exact) mass is 913 g/mol. The van der Waals surface area contributed by atoms with Crippen molar-refractivity contribution in [2.45, 2.75) is 205 Å². The Balaban J connectivity index is 1.01. The van der Waals surface area contributed by atoms with E-state index in [2.05, 4.69) is 54.5 Å². The number of carbonyl (C=O) groups excluding carboxylic acids is 1. The molecule has 0 aromatic heterocycles. The van der Waals surface area contributed by atoms with Crippen molar-refractivity contribution in [3.05, 3.63) is 11.6 Å². The maximum Gasteiger partial charge on any atom is 0.315 e. The van der Waals surface area contributed by atoms with Gasteiger partial charge in [0.15, 0.2) is 12.6 Å². The van der Waals surface area contributed by atoms with Gasteiger partial charge in [-0.2, -0.15) is 0 Å². The van der Waals surface area contributed by atoms with Crippen LogP contribution in [0.4, 0.5) is 0 Å². The minimum atomic E-state index is -1.72. The largest absolute Gasteiger partial charge is 0.432 e. The highest BCUT2D eigenvalue weighted by atomic mass is 16.7. The number of hydrogen-bond donors (Lipinski definition) is 10. The Morgan fingerprint density at radius 1 is 0.672 bits per heavy atom. The standard InChI is InChI=1S/C47H76O17/c1-42(2)14-16-47(41(58)64-40-35(56)33(54)31(52)26(20-49)61-40)17-15-45(6)22(23(47)18-42)8-9-28-44(5)12-11-29(43(3,4)27(44)10-13-46(28,45)7)62-38-36(57)37(24(50)21-59-38)63-39-34(55)32(53)30(51)25(19-48)60-39/h8,23-40,48-57H,9-21H2,1-7H3/t23-,24+,25+,26+,27?,28?,29-,30+,31+,32-,33-,34+,35+,36+,37-,38-,39-,40-,44-,45+,46+,47?/m0/s1. The third kappa shape index (κ3) is 7.58. The number of hydrogen-bond acceptors (Lipinski definition) is 17. The quantitative estimate of drug-likeness (QED) is 0.0916. The lowest BCUT2D eigenvalue weighted by Crippen LogP contribution is -2.66. The number of carbonyl (C=O) groups is 1. The van der Waals surface area contributed by atoms with Gasteiger partial charge in [0, 0.05) is 0 Å². The van der Waals surface area contributed by atoms with Crippen molar-refractivity contribution >= 4 is 5.97 Å². The van der Waals surface area contributed by atoms with E-state index in [0.717, 1.165) is 44.9 Å². The Kier molecular flexibility index (Phi) is 13.2. The summed E-state index contributed by atoms with van der Waals surface area (Å²) in [5, 5.41) is 105. The maximum atomic E-state index is 14.6. The molecule has 7 fully saturated rings. The van der Waals surface area contributed by atoms with Crippen molar-refractivity contribution in [1.29, 1.82) is 0 Å². The van der Waals surface area contributed by atoms with E-state index in [-0.39, 0.29) is 51.6 Å². The van der Waals surface area contributed by atoms with Crippen LogP contribution in [0.1, 0.15) is 113 Å². The van der Waals surface area contributed by atoms with Gasteiger partial charge < -0.3 is 79.5 Å². The molecule has 0 radical (unpaired) electrons. The van der Waals surface area contributed by atoms with Crippen LogP contribution in [0.2, 0.25) is 0 Å². The van der Waals surface area contributed by atoms with Crippen LogP contribution in [0.25, 0.3) is 0 Å². The molecule has 5 aliphatic carbocycles. The lowest BCUT2D eigenvalue weighted by molar-refractivity contribution is -0.357. The number of esters is 1. The minimum absolute atomic E-state index is 0.0414. The first-order chi connectivity index (χ1) is 29.9. The topological polar surface area (TPSA) is 275 Å². The molecular weight excluding hydrogens is 836 g/mol. The molecule has 3 unspecified atom stereocenters. The summed E-state index contributed by atoms with van der Waals surface area (Å²) in [6, 6.07) is 0. The van der Waals surface area contributed by atoms with Crippen molar-refractivity contribution in [3.8, 4) is 0 Å². The van der Waals surface area contributed by atoms with Gasteiger partial charge in [0.05, 0.1) is 31.3 Å². The SMILES string of the molecule is CC1(C)CCC2(C(=O)O[C@@H]3O[C@H](CO)[C@@H](O)[C@H](O)[C@H]3O)CC[C@]3(C)C(=CCC4[C@@]5(C)CC[C@H](O[C@@H]6OC[C@@H](O)[C@H](O[C@@H]7O[C@H](CO)[C@@H](O)[C@H](O)[C@H]7O)[C@H]6O)C(C)(C)C5CC[C@]43C)[C@@H]2C1. The van der Waals surface area contributed by atoms with Gasteiger partial charge in [0.1, 0.15) is 67.1 Å². The number of aliphatic hydroxyl groups is 10. The maximum absolute atomic E-state index is 14.6. The first-order valence-electron chi connectivity index (χ1n) is 23.7. The normalized spacial score (nSPS) is 53.4. The van der Waals surface area contributed by atoms with Crippen LogP contribution in [0.15, 0.2) is 11.6 Å². The Hall–Kier alpha value is -1.39. The Morgan fingerprint density at radius 2 is 1.28 bits per heavy atom. The van der Waals surface area contributed by atoms with Crippen LogP contribution in [0, 0.1) is 50.2 Å². The lowest BCUT2D eigenvalue weighted by Gasteiger charge is -2.71. The van der Waals surface area contributed by atoms with Crippen molar-refractivity contribution < 1.29 is 84.3 Å². The van der Waals surface area contributed by atoms with Crippen molar-refractivity contribution in [2.75, 3.05) is 19.8 Å². The number of allylic oxidation sites excluding steroid dienone is 2. The molecule has 64 heavy (non-hydrogen) atoms. The third-order valence-corrected chi connectivity index (χ3v) is 18.9. The zero-order valence-electron chi connectivity index (χ0n) is 38.5. The van der Waals surface area contributed by atoms with E-state index in [1.165, 1.54) is 5.57 Å². The van der Waals surface area contributed by atoms with Gasteiger partial charge in [-0.1, -0.05) is 60.1 Å². The van der Waals surface area contributed by atoms with Gasteiger partial charge in [-0.25, -0.2) is 0 Å². The minimum Gasteiger partial charge on any atom is -0.432 e. The zero-order chi connectivity index (χ0) is 46.7. The second-order valence-corrected chi connectivity index (χ2v) is 23.0. The summed E-state index contributed by atoms with van der Waals surface area (Å²) < 4.78 is 35.6. The summed E-state index contributed by atoms with van der Waals surface area (Å²) in [6.07, 6.45) is -10.9. The highest BCUT2D eigenvalue weighted by molar-refractivity contribution is 5.79. The second-order valence-electron chi connectivity index (χ2n) is 23.0. The molecule has 3 saturated heterocycles. The van der Waals surface area contributed by atoms with Crippen LogP contribution in [0.3, 0.4) is 0 Å². The van der Waals surface area contributed by atoms with Gasteiger partial charge in [0.2, 0.25) is 6.29 Å². The van der Waals surface area contributed by atoms with Crippen LogP contribution >= 0.6 is 0 Å². The molecule has 0 aromatic carbocycles. The predicted molar refractivity (Wildman–Crippen MR) is 224 cm³/mol. The molecule has 17 nitrogen and oxygen atoms in total. The predicted octanol–water partition coefficient (Wildman–Crippen LogP) is 0.780. The first-order valence-corrected chi connectivity index (χ1v) is 23.7. The summed E-state index contributed by atoms with van der Waals surface area (Å²) in [4.78, 5) is 14.6. The number of ether oxygens (including phenoxy) is 6. The molecule has 17 heteroatoms. The van der Waals surface area contributed by atoms with Crippen LogP contribution < -0.4 is 0 Å². The average molecular weight is 913 g/mol. The molecule has 8 aliphatic rings. The molecule has 4 saturated carbocycles. The number of aliphatic hydroxyl groups excluding tert-OH is 10. The fraction of sp³-hybridized carbons (Fsp3) is 0.936. The molecular formula is C47H76O17. The highest BCUT2D eigenvalue weighted by Crippen LogP contribution is 2.76. The van der Waals surface area contributed by atoms with Gasteiger partial charge in [-0.3, -0.25) is 4.79 Å². The fourth-order valence-corrected chi connectivity index (χ4v) is 14.8. The van der Waals surface area contributed by atoms with E-state index < -0.39 is 111 Å². The first kappa shape index (κ1) is 49.0. The highest BCUT2D eigenvalue weighted by Gasteiger charge is 2.70. The van der Waals surface area contributed by atoms with E-state index in [1.807, 2.05) is 0 Å². The van der Waals surface area contributed by atoms with Crippen LogP contribution in [0.5, 0.6) is 0 Å². The molecule has 0 aromatic rings. The summed E-state index contributed by atoms with van der Waals surface area (Å²) in [7, 11) is 0. The molecule has 3 aliphatic heterocycles. The average Bonchev–Trinajstić information content (AvgIpc) is 3.24. The second kappa shape index (κ2) is 17.2. The molecule has 366 valence electrons. The molecule has 3 heterocycles. The Labute approximate surface area is 376 Å². The summed E-state index contributed by atoms with van der Waals surface area (Å²) in [5.74, 6) is -0.0598. The number of rotatable bonds is 8. The van der Waals surface area contributed by atoms with E-state index >= 15 is 0 Å². The van der Waals surface area contributed by atoms with Gasteiger partial charge >= 0.3 is 5.97 Å². The molecule has 0 amide bonds. The summed E-state index contributed by atoms with van der Waals surface area (Å²) in [5.41, 5.74) is -0.434. The smallest absolute Gasteiger partial charge is 0.315 e. The van der Waals surface area contributed by atoms with E-state index in [4.69, 9.17) is 28.4 Å². The summed E-state index contributed by atoms with van der Waals surface area (Å²) in [6.45, 7) is 14.7. The molecule has 0 bridgehead atoms. The van der Waals surface area contributed by atoms with E-state index in [9.17, 15) is 55.9 Å². The van der Waals surface area contributed by atoms with Crippen LogP contribution in [-0.4, -0.2) is 169 Å².